The first kappa shape index (κ1) is 15.1. The minimum absolute atomic E-state index is 0.689. The van der Waals surface area contributed by atoms with Gasteiger partial charge in [-0.05, 0) is 49.4 Å². The normalized spacial score (nSPS) is 12.8. The Morgan fingerprint density at radius 3 is 2.88 bits per heavy atom. The maximum absolute atomic E-state index is 3.67. The zero-order chi connectivity index (χ0) is 12.3. The maximum Gasteiger partial charge on any atom is 0.0161 e. The number of nitrogens with one attached hydrogen (secondary N) is 1. The fourth-order valence-corrected chi connectivity index (χ4v) is 3.48. The van der Waals surface area contributed by atoms with E-state index in [2.05, 4.69) is 48.4 Å². The molecule has 0 saturated carbocycles. The van der Waals surface area contributed by atoms with Crippen LogP contribution in [0.2, 0.25) is 0 Å². The number of thiophene rings is 1. The van der Waals surface area contributed by atoms with Gasteiger partial charge in [0.15, 0.2) is 0 Å². The lowest BCUT2D eigenvalue weighted by Gasteiger charge is -2.17. The summed E-state index contributed by atoms with van der Waals surface area (Å²) in [5, 5.41) is 5.85. The molecule has 98 valence electrons. The van der Waals surface area contributed by atoms with Crippen molar-refractivity contribution in [3.05, 3.63) is 22.4 Å². The molecule has 0 amide bonds. The van der Waals surface area contributed by atoms with E-state index < -0.39 is 0 Å². The minimum Gasteiger partial charge on any atom is -0.313 e. The Balaban J connectivity index is 2.23. The van der Waals surface area contributed by atoms with E-state index >= 15 is 0 Å². The molecule has 1 aromatic rings. The van der Waals surface area contributed by atoms with Gasteiger partial charge in [0, 0.05) is 16.7 Å². The second-order valence-corrected chi connectivity index (χ2v) is 6.53. The molecule has 0 radical (unpaired) electrons. The van der Waals surface area contributed by atoms with Crippen molar-refractivity contribution in [2.75, 3.05) is 18.1 Å². The van der Waals surface area contributed by atoms with Crippen molar-refractivity contribution >= 4 is 23.1 Å². The van der Waals surface area contributed by atoms with Gasteiger partial charge in [-0.3, -0.25) is 0 Å². The molecule has 17 heavy (non-hydrogen) atoms. The van der Waals surface area contributed by atoms with Gasteiger partial charge in [-0.1, -0.05) is 19.9 Å². The third-order valence-corrected chi connectivity index (χ3v) is 4.94. The van der Waals surface area contributed by atoms with E-state index in [1.165, 1.54) is 42.1 Å². The van der Waals surface area contributed by atoms with Crippen LogP contribution in [0.5, 0.6) is 0 Å². The van der Waals surface area contributed by atoms with E-state index in [-0.39, 0.29) is 0 Å². The SMILES string of the molecule is CCCNC(CCc1cccs1)CSCCC. The molecular weight excluding hydrogens is 246 g/mol. The summed E-state index contributed by atoms with van der Waals surface area (Å²) in [4.78, 5) is 1.52. The summed E-state index contributed by atoms with van der Waals surface area (Å²) in [5.41, 5.74) is 0. The maximum atomic E-state index is 3.67. The standard InChI is InChI=1S/C14H25NS2/c1-3-9-15-13(12-16-10-4-2)7-8-14-6-5-11-17-14/h5-6,11,13,15H,3-4,7-10,12H2,1-2H3. The van der Waals surface area contributed by atoms with Crippen LogP contribution in [-0.2, 0) is 6.42 Å². The van der Waals surface area contributed by atoms with Gasteiger partial charge in [0.25, 0.3) is 0 Å². The number of aryl methyl sites for hydroxylation is 1. The predicted octanol–water partition coefficient (Wildman–Crippen LogP) is 4.19. The molecule has 1 heterocycles. The molecule has 0 aliphatic rings. The molecule has 0 aromatic carbocycles. The van der Waals surface area contributed by atoms with Crippen molar-refractivity contribution in [3.8, 4) is 0 Å². The van der Waals surface area contributed by atoms with E-state index in [4.69, 9.17) is 0 Å². The molecule has 1 unspecified atom stereocenters. The quantitative estimate of drug-likeness (QED) is 0.640. The van der Waals surface area contributed by atoms with Gasteiger partial charge in [-0.25, -0.2) is 0 Å². The van der Waals surface area contributed by atoms with Gasteiger partial charge in [0.2, 0.25) is 0 Å². The first-order valence-electron chi connectivity index (χ1n) is 6.70. The molecule has 1 atom stereocenters. The van der Waals surface area contributed by atoms with Crippen molar-refractivity contribution in [1.29, 1.82) is 0 Å². The molecule has 1 aromatic heterocycles. The van der Waals surface area contributed by atoms with Crippen LogP contribution in [0.25, 0.3) is 0 Å². The number of rotatable bonds is 10. The van der Waals surface area contributed by atoms with Gasteiger partial charge in [0.05, 0.1) is 0 Å². The average molecular weight is 271 g/mol. The fourth-order valence-electron chi connectivity index (χ4n) is 1.73. The van der Waals surface area contributed by atoms with Crippen LogP contribution in [0.3, 0.4) is 0 Å². The second kappa shape index (κ2) is 9.98. The summed E-state index contributed by atoms with van der Waals surface area (Å²) < 4.78 is 0. The van der Waals surface area contributed by atoms with E-state index in [1.807, 2.05) is 11.3 Å². The van der Waals surface area contributed by atoms with Crippen molar-refractivity contribution in [3.63, 3.8) is 0 Å². The van der Waals surface area contributed by atoms with Gasteiger partial charge in [0.1, 0.15) is 0 Å². The largest absolute Gasteiger partial charge is 0.313 e. The van der Waals surface area contributed by atoms with Crippen LogP contribution in [0.15, 0.2) is 17.5 Å². The van der Waals surface area contributed by atoms with Crippen LogP contribution in [0.1, 0.15) is 38.0 Å². The highest BCUT2D eigenvalue weighted by molar-refractivity contribution is 7.99. The Kier molecular flexibility index (Phi) is 8.85. The Bertz CT molecular complexity index is 259. The van der Waals surface area contributed by atoms with E-state index in [0.29, 0.717) is 6.04 Å². The number of thioether (sulfide) groups is 1. The monoisotopic (exact) mass is 271 g/mol. The highest BCUT2D eigenvalue weighted by atomic mass is 32.2. The lowest BCUT2D eigenvalue weighted by molar-refractivity contribution is 0.521. The van der Waals surface area contributed by atoms with Gasteiger partial charge in [-0.2, -0.15) is 11.8 Å². The molecule has 0 aliphatic carbocycles. The van der Waals surface area contributed by atoms with E-state index in [9.17, 15) is 0 Å². The molecule has 1 rings (SSSR count). The molecule has 1 nitrogen and oxygen atoms in total. The summed E-state index contributed by atoms with van der Waals surface area (Å²) in [6.07, 6.45) is 5.02. The number of hydrogen-bond donors (Lipinski definition) is 1. The zero-order valence-corrected chi connectivity index (χ0v) is 12.7. The summed E-state index contributed by atoms with van der Waals surface area (Å²) in [7, 11) is 0. The minimum atomic E-state index is 0.689. The summed E-state index contributed by atoms with van der Waals surface area (Å²) in [5.74, 6) is 2.56. The van der Waals surface area contributed by atoms with Crippen LogP contribution >= 0.6 is 23.1 Å². The molecule has 0 bridgehead atoms. The van der Waals surface area contributed by atoms with Gasteiger partial charge >= 0.3 is 0 Å². The predicted molar refractivity (Wildman–Crippen MR) is 82.3 cm³/mol. The Labute approximate surface area is 114 Å². The fraction of sp³-hybridized carbons (Fsp3) is 0.714. The van der Waals surface area contributed by atoms with Crippen LogP contribution in [-0.4, -0.2) is 24.1 Å². The van der Waals surface area contributed by atoms with Gasteiger partial charge in [-0.15, -0.1) is 11.3 Å². The third kappa shape index (κ3) is 7.12. The summed E-state index contributed by atoms with van der Waals surface area (Å²) in [6, 6.07) is 5.09. The van der Waals surface area contributed by atoms with Crippen molar-refractivity contribution in [1.82, 2.24) is 5.32 Å². The highest BCUT2D eigenvalue weighted by Crippen LogP contribution is 2.14. The van der Waals surface area contributed by atoms with Crippen LogP contribution in [0, 0.1) is 0 Å². The molecule has 3 heteroatoms. The average Bonchev–Trinajstić information content (AvgIpc) is 2.85. The molecule has 0 aliphatic heterocycles. The third-order valence-electron chi connectivity index (χ3n) is 2.67. The van der Waals surface area contributed by atoms with Crippen molar-refractivity contribution in [2.45, 2.75) is 45.6 Å². The Hall–Kier alpha value is 0.01000. The summed E-state index contributed by atoms with van der Waals surface area (Å²) in [6.45, 7) is 5.65. The summed E-state index contributed by atoms with van der Waals surface area (Å²) >= 11 is 3.97. The van der Waals surface area contributed by atoms with Crippen molar-refractivity contribution in [2.24, 2.45) is 0 Å². The van der Waals surface area contributed by atoms with Crippen molar-refractivity contribution < 1.29 is 0 Å². The molecule has 1 N–H and O–H groups in total. The molecule has 0 spiro atoms. The lowest BCUT2D eigenvalue weighted by Crippen LogP contribution is -2.32. The molecular formula is C14H25NS2. The highest BCUT2D eigenvalue weighted by Gasteiger charge is 2.08. The van der Waals surface area contributed by atoms with Gasteiger partial charge < -0.3 is 5.32 Å². The smallest absolute Gasteiger partial charge is 0.0161 e. The van der Waals surface area contributed by atoms with E-state index in [0.717, 1.165) is 6.54 Å². The van der Waals surface area contributed by atoms with Crippen LogP contribution in [0.4, 0.5) is 0 Å². The Morgan fingerprint density at radius 2 is 2.24 bits per heavy atom. The lowest BCUT2D eigenvalue weighted by atomic mass is 10.1. The van der Waals surface area contributed by atoms with E-state index in [1.54, 1.807) is 0 Å². The number of hydrogen-bond acceptors (Lipinski definition) is 3. The first-order chi connectivity index (χ1) is 8.36. The first-order valence-corrected chi connectivity index (χ1v) is 8.73. The Morgan fingerprint density at radius 1 is 1.35 bits per heavy atom. The molecule has 0 fully saturated rings. The second-order valence-electron chi connectivity index (χ2n) is 4.34. The molecule has 0 saturated heterocycles. The zero-order valence-electron chi connectivity index (χ0n) is 11.1. The topological polar surface area (TPSA) is 12.0 Å². The van der Waals surface area contributed by atoms with Crippen LogP contribution < -0.4 is 5.32 Å².